The standard InChI is InChI=1S/C24H28N2O2/c1-24(2,3)19-10-12-20(13-11-19)26-16-18(15-22(26)27)23(28)25-14-6-8-17-7-4-5-9-21(17)25/h4-5,7,9-13,18H,6,8,14-16H2,1-3H3. The molecule has 1 fully saturated rings. The van der Waals surface area contributed by atoms with Crippen LogP contribution in [-0.2, 0) is 21.4 Å². The summed E-state index contributed by atoms with van der Waals surface area (Å²) in [5.74, 6) is -0.164. The van der Waals surface area contributed by atoms with Crippen molar-refractivity contribution in [2.24, 2.45) is 5.92 Å². The molecule has 4 rings (SSSR count). The number of benzene rings is 2. The van der Waals surface area contributed by atoms with E-state index in [2.05, 4.69) is 39.0 Å². The first-order chi connectivity index (χ1) is 13.3. The Kier molecular flexibility index (Phi) is 4.74. The molecule has 4 heteroatoms. The molecule has 0 N–H and O–H groups in total. The summed E-state index contributed by atoms with van der Waals surface area (Å²) in [6.45, 7) is 7.72. The van der Waals surface area contributed by atoms with Crippen LogP contribution in [0, 0.1) is 5.92 Å². The Labute approximate surface area is 167 Å². The van der Waals surface area contributed by atoms with Crippen molar-refractivity contribution in [3.63, 3.8) is 0 Å². The number of nitrogens with zero attached hydrogens (tertiary/aromatic N) is 2. The number of fused-ring (bicyclic) bond motifs is 1. The SMILES string of the molecule is CC(C)(C)c1ccc(N2CC(C(=O)N3CCCc4ccccc43)CC2=O)cc1. The molecule has 0 saturated carbocycles. The number of para-hydroxylation sites is 1. The number of anilines is 2. The van der Waals surface area contributed by atoms with Gasteiger partial charge < -0.3 is 9.80 Å². The first-order valence-corrected chi connectivity index (χ1v) is 10.1. The summed E-state index contributed by atoms with van der Waals surface area (Å²) >= 11 is 0. The Hall–Kier alpha value is -2.62. The minimum absolute atomic E-state index is 0.0344. The first kappa shape index (κ1) is 18.7. The van der Waals surface area contributed by atoms with Crippen molar-refractivity contribution in [1.29, 1.82) is 0 Å². The van der Waals surface area contributed by atoms with Gasteiger partial charge >= 0.3 is 0 Å². The maximum Gasteiger partial charge on any atom is 0.232 e. The van der Waals surface area contributed by atoms with E-state index in [1.54, 1.807) is 4.90 Å². The molecule has 1 atom stereocenters. The minimum atomic E-state index is -0.277. The molecule has 1 unspecified atom stereocenters. The van der Waals surface area contributed by atoms with Gasteiger partial charge in [-0.15, -0.1) is 0 Å². The lowest BCUT2D eigenvalue weighted by Gasteiger charge is -2.31. The van der Waals surface area contributed by atoms with Crippen molar-refractivity contribution in [3.05, 3.63) is 59.7 Å². The Morgan fingerprint density at radius 2 is 1.75 bits per heavy atom. The van der Waals surface area contributed by atoms with Crippen LogP contribution in [0.5, 0.6) is 0 Å². The Morgan fingerprint density at radius 3 is 2.46 bits per heavy atom. The zero-order valence-electron chi connectivity index (χ0n) is 16.9. The van der Waals surface area contributed by atoms with Crippen molar-refractivity contribution in [3.8, 4) is 0 Å². The molecular formula is C24H28N2O2. The quantitative estimate of drug-likeness (QED) is 0.783. The molecule has 4 nitrogen and oxygen atoms in total. The largest absolute Gasteiger partial charge is 0.312 e. The molecule has 28 heavy (non-hydrogen) atoms. The Morgan fingerprint density at radius 1 is 1.04 bits per heavy atom. The number of amides is 2. The molecule has 2 aliphatic rings. The van der Waals surface area contributed by atoms with Crippen LogP contribution in [-0.4, -0.2) is 24.9 Å². The maximum atomic E-state index is 13.2. The number of rotatable bonds is 2. The summed E-state index contributed by atoms with van der Waals surface area (Å²) in [5.41, 5.74) is 4.43. The van der Waals surface area contributed by atoms with E-state index in [9.17, 15) is 9.59 Å². The normalized spacial score (nSPS) is 19.7. The molecule has 0 radical (unpaired) electrons. The average Bonchev–Trinajstić information content (AvgIpc) is 3.08. The molecule has 2 aromatic rings. The Balaban J connectivity index is 1.52. The summed E-state index contributed by atoms with van der Waals surface area (Å²) in [7, 11) is 0. The molecule has 2 aromatic carbocycles. The third-order valence-corrected chi connectivity index (χ3v) is 5.90. The highest BCUT2D eigenvalue weighted by Gasteiger charge is 2.38. The molecule has 0 spiro atoms. The fourth-order valence-corrected chi connectivity index (χ4v) is 4.25. The summed E-state index contributed by atoms with van der Waals surface area (Å²) in [5, 5.41) is 0. The van der Waals surface area contributed by atoms with Crippen LogP contribution in [0.3, 0.4) is 0 Å². The second kappa shape index (κ2) is 7.08. The van der Waals surface area contributed by atoms with E-state index in [0.717, 1.165) is 30.8 Å². The Bertz CT molecular complexity index is 896. The van der Waals surface area contributed by atoms with Gasteiger partial charge in [-0.1, -0.05) is 51.1 Å². The monoisotopic (exact) mass is 376 g/mol. The smallest absolute Gasteiger partial charge is 0.232 e. The second-order valence-electron chi connectivity index (χ2n) is 8.92. The van der Waals surface area contributed by atoms with Gasteiger partial charge in [0.2, 0.25) is 11.8 Å². The number of carbonyl (C=O) groups excluding carboxylic acids is 2. The summed E-state index contributed by atoms with van der Waals surface area (Å²) in [4.78, 5) is 29.5. The molecule has 0 bridgehead atoms. The number of aryl methyl sites for hydroxylation is 1. The van der Waals surface area contributed by atoms with E-state index in [1.807, 2.05) is 35.2 Å². The number of hydrogen-bond donors (Lipinski definition) is 0. The lowest BCUT2D eigenvalue weighted by molar-refractivity contribution is -0.124. The summed E-state index contributed by atoms with van der Waals surface area (Å²) in [6.07, 6.45) is 2.27. The van der Waals surface area contributed by atoms with Gasteiger partial charge in [0.15, 0.2) is 0 Å². The van der Waals surface area contributed by atoms with Crippen LogP contribution in [0.25, 0.3) is 0 Å². The average molecular weight is 377 g/mol. The van der Waals surface area contributed by atoms with Gasteiger partial charge in [0.1, 0.15) is 0 Å². The highest BCUT2D eigenvalue weighted by molar-refractivity contribution is 6.04. The van der Waals surface area contributed by atoms with Crippen molar-refractivity contribution >= 4 is 23.2 Å². The van der Waals surface area contributed by atoms with E-state index in [0.29, 0.717) is 13.0 Å². The van der Waals surface area contributed by atoms with Crippen molar-refractivity contribution in [1.82, 2.24) is 0 Å². The van der Waals surface area contributed by atoms with Crippen LogP contribution in [0.2, 0.25) is 0 Å². The predicted octanol–water partition coefficient (Wildman–Crippen LogP) is 4.32. The van der Waals surface area contributed by atoms with Gasteiger partial charge in [-0.25, -0.2) is 0 Å². The molecule has 2 aliphatic heterocycles. The van der Waals surface area contributed by atoms with Gasteiger partial charge in [-0.2, -0.15) is 0 Å². The molecule has 1 saturated heterocycles. The van der Waals surface area contributed by atoms with Gasteiger partial charge in [-0.3, -0.25) is 9.59 Å². The van der Waals surface area contributed by atoms with Gasteiger partial charge in [0.25, 0.3) is 0 Å². The molecule has 0 aromatic heterocycles. The fourth-order valence-electron chi connectivity index (χ4n) is 4.25. The lowest BCUT2D eigenvalue weighted by Crippen LogP contribution is -2.40. The zero-order chi connectivity index (χ0) is 19.9. The van der Waals surface area contributed by atoms with Gasteiger partial charge in [-0.05, 0) is 47.6 Å². The van der Waals surface area contributed by atoms with E-state index in [1.165, 1.54) is 11.1 Å². The highest BCUT2D eigenvalue weighted by atomic mass is 16.2. The minimum Gasteiger partial charge on any atom is -0.312 e. The van der Waals surface area contributed by atoms with Crippen LogP contribution in [0.15, 0.2) is 48.5 Å². The third-order valence-electron chi connectivity index (χ3n) is 5.90. The van der Waals surface area contributed by atoms with E-state index in [-0.39, 0.29) is 23.1 Å². The van der Waals surface area contributed by atoms with Crippen molar-refractivity contribution in [2.45, 2.75) is 45.4 Å². The van der Waals surface area contributed by atoms with Crippen LogP contribution in [0.1, 0.15) is 44.7 Å². The van der Waals surface area contributed by atoms with E-state index >= 15 is 0 Å². The molecular weight excluding hydrogens is 348 g/mol. The number of hydrogen-bond acceptors (Lipinski definition) is 2. The second-order valence-corrected chi connectivity index (χ2v) is 8.92. The highest BCUT2D eigenvalue weighted by Crippen LogP contribution is 2.32. The van der Waals surface area contributed by atoms with Gasteiger partial charge in [0, 0.05) is 30.9 Å². The van der Waals surface area contributed by atoms with Crippen molar-refractivity contribution < 1.29 is 9.59 Å². The molecule has 146 valence electrons. The first-order valence-electron chi connectivity index (χ1n) is 10.1. The topological polar surface area (TPSA) is 40.6 Å². The van der Waals surface area contributed by atoms with Crippen molar-refractivity contribution in [2.75, 3.05) is 22.9 Å². The van der Waals surface area contributed by atoms with E-state index in [4.69, 9.17) is 0 Å². The summed E-state index contributed by atoms with van der Waals surface area (Å²) in [6, 6.07) is 16.3. The van der Waals surface area contributed by atoms with E-state index < -0.39 is 0 Å². The molecule has 2 amide bonds. The predicted molar refractivity (Wildman–Crippen MR) is 113 cm³/mol. The fraction of sp³-hybridized carbons (Fsp3) is 0.417. The number of carbonyl (C=O) groups is 2. The molecule has 2 heterocycles. The molecule has 0 aliphatic carbocycles. The summed E-state index contributed by atoms with van der Waals surface area (Å²) < 4.78 is 0. The lowest BCUT2D eigenvalue weighted by atomic mass is 9.87. The zero-order valence-corrected chi connectivity index (χ0v) is 16.9. The van der Waals surface area contributed by atoms with Crippen LogP contribution in [0.4, 0.5) is 11.4 Å². The van der Waals surface area contributed by atoms with Crippen LogP contribution >= 0.6 is 0 Å². The maximum absolute atomic E-state index is 13.2. The third kappa shape index (κ3) is 3.44. The van der Waals surface area contributed by atoms with Gasteiger partial charge in [0.05, 0.1) is 5.92 Å². The van der Waals surface area contributed by atoms with Crippen LogP contribution < -0.4 is 9.80 Å².